The van der Waals surface area contributed by atoms with E-state index in [2.05, 4.69) is 10.3 Å². The Morgan fingerprint density at radius 3 is 2.61 bits per heavy atom. The van der Waals surface area contributed by atoms with E-state index in [1.54, 1.807) is 36.2 Å². The molecule has 1 amide bonds. The fourth-order valence-corrected chi connectivity index (χ4v) is 4.05. The molecule has 0 saturated carbocycles. The number of para-hydroxylation sites is 1. The molecule has 28 heavy (non-hydrogen) atoms. The molecule has 0 aliphatic rings. The van der Waals surface area contributed by atoms with E-state index in [0.717, 1.165) is 10.3 Å². The Kier molecular flexibility index (Phi) is 5.92. The minimum atomic E-state index is -3.71. The van der Waals surface area contributed by atoms with Crippen molar-refractivity contribution in [3.63, 3.8) is 0 Å². The summed E-state index contributed by atoms with van der Waals surface area (Å²) in [5.74, 6) is -0.574. The van der Waals surface area contributed by atoms with Crippen LogP contribution in [0.4, 0.5) is 9.52 Å². The third kappa shape index (κ3) is 4.83. The molecule has 0 fully saturated rings. The molecular formula is C18H19FN4O3S2. The van der Waals surface area contributed by atoms with Crippen molar-refractivity contribution < 1.29 is 17.6 Å². The van der Waals surface area contributed by atoms with Gasteiger partial charge in [-0.3, -0.25) is 4.79 Å². The van der Waals surface area contributed by atoms with Gasteiger partial charge in [0.05, 0.1) is 16.1 Å². The summed E-state index contributed by atoms with van der Waals surface area (Å²) in [6, 6.07) is 11.0. The number of carbonyl (C=O) groups is 1. The highest BCUT2D eigenvalue weighted by Gasteiger charge is 2.14. The Bertz CT molecular complexity index is 1100. The Morgan fingerprint density at radius 1 is 1.25 bits per heavy atom. The van der Waals surface area contributed by atoms with E-state index in [9.17, 15) is 17.6 Å². The van der Waals surface area contributed by atoms with Crippen molar-refractivity contribution in [1.29, 1.82) is 0 Å². The van der Waals surface area contributed by atoms with Crippen molar-refractivity contribution in [3.05, 3.63) is 53.8 Å². The standard InChI is InChI=1S/C18H19FN4O3S2/c1-23(18-22-17-14(19)3-2-4-15(17)27-18)11-16(24)21-10-9-12-5-7-13(8-6-12)28(20,25)26/h2-8H,9-11H2,1H3,(H,21,24)(H2,20,25,26). The zero-order valence-electron chi connectivity index (χ0n) is 15.1. The highest BCUT2D eigenvalue weighted by Crippen LogP contribution is 2.29. The summed E-state index contributed by atoms with van der Waals surface area (Å²) in [4.78, 5) is 18.1. The molecule has 148 valence electrons. The van der Waals surface area contributed by atoms with E-state index in [1.807, 2.05) is 0 Å². The number of amides is 1. The van der Waals surface area contributed by atoms with Crippen LogP contribution in [-0.2, 0) is 21.2 Å². The second-order valence-electron chi connectivity index (χ2n) is 6.23. The average molecular weight is 423 g/mol. The maximum atomic E-state index is 13.7. The summed E-state index contributed by atoms with van der Waals surface area (Å²) in [6.45, 7) is 0.488. The van der Waals surface area contributed by atoms with Gasteiger partial charge in [0.25, 0.3) is 0 Å². The van der Waals surface area contributed by atoms with Gasteiger partial charge in [0.15, 0.2) is 5.13 Å². The summed E-state index contributed by atoms with van der Waals surface area (Å²) in [5, 5.41) is 8.42. The van der Waals surface area contributed by atoms with Crippen LogP contribution >= 0.6 is 11.3 Å². The van der Waals surface area contributed by atoms with E-state index in [0.29, 0.717) is 23.6 Å². The number of anilines is 1. The van der Waals surface area contributed by atoms with Crippen molar-refractivity contribution in [1.82, 2.24) is 10.3 Å². The summed E-state index contributed by atoms with van der Waals surface area (Å²) in [7, 11) is -1.99. The lowest BCUT2D eigenvalue weighted by atomic mass is 10.1. The van der Waals surface area contributed by atoms with Gasteiger partial charge < -0.3 is 10.2 Å². The quantitative estimate of drug-likeness (QED) is 0.605. The van der Waals surface area contributed by atoms with E-state index in [1.165, 1.54) is 29.5 Å². The number of thiazole rings is 1. The van der Waals surface area contributed by atoms with Gasteiger partial charge in [0, 0.05) is 13.6 Å². The van der Waals surface area contributed by atoms with Crippen LogP contribution in [0.25, 0.3) is 10.2 Å². The summed E-state index contributed by atoms with van der Waals surface area (Å²) < 4.78 is 36.9. The number of sulfonamides is 1. The van der Waals surface area contributed by atoms with Crippen LogP contribution in [0, 0.1) is 5.82 Å². The SMILES string of the molecule is CN(CC(=O)NCCc1ccc(S(N)(=O)=O)cc1)c1nc2c(F)cccc2s1. The molecule has 10 heteroatoms. The number of likely N-dealkylation sites (N-methyl/N-ethyl adjacent to an activating group) is 1. The summed E-state index contributed by atoms with van der Waals surface area (Å²) in [5.41, 5.74) is 1.18. The van der Waals surface area contributed by atoms with Gasteiger partial charge in [-0.25, -0.2) is 22.9 Å². The second kappa shape index (κ2) is 8.21. The second-order valence-corrected chi connectivity index (χ2v) is 8.80. The number of nitrogens with zero attached hydrogens (tertiary/aromatic N) is 2. The van der Waals surface area contributed by atoms with Gasteiger partial charge in [-0.15, -0.1) is 0 Å². The normalized spacial score (nSPS) is 11.5. The first-order chi connectivity index (χ1) is 13.2. The van der Waals surface area contributed by atoms with Crippen LogP contribution < -0.4 is 15.4 Å². The maximum Gasteiger partial charge on any atom is 0.239 e. The predicted molar refractivity (Wildman–Crippen MR) is 107 cm³/mol. The Labute approximate surface area is 166 Å². The highest BCUT2D eigenvalue weighted by atomic mass is 32.2. The van der Waals surface area contributed by atoms with E-state index in [-0.39, 0.29) is 23.2 Å². The molecule has 0 atom stereocenters. The molecule has 0 aliphatic carbocycles. The van der Waals surface area contributed by atoms with Crippen molar-refractivity contribution in [2.75, 3.05) is 25.0 Å². The lowest BCUT2D eigenvalue weighted by molar-refractivity contribution is -0.119. The first kappa shape index (κ1) is 20.2. The molecule has 1 aromatic heterocycles. The fraction of sp³-hybridized carbons (Fsp3) is 0.222. The number of hydrogen-bond acceptors (Lipinski definition) is 6. The van der Waals surface area contributed by atoms with E-state index in [4.69, 9.17) is 5.14 Å². The molecule has 0 spiro atoms. The van der Waals surface area contributed by atoms with Gasteiger partial charge in [-0.05, 0) is 36.2 Å². The molecule has 0 bridgehead atoms. The monoisotopic (exact) mass is 422 g/mol. The van der Waals surface area contributed by atoms with E-state index < -0.39 is 10.0 Å². The molecule has 0 saturated heterocycles. The van der Waals surface area contributed by atoms with Crippen LogP contribution in [0.5, 0.6) is 0 Å². The van der Waals surface area contributed by atoms with Crippen molar-refractivity contribution in [2.24, 2.45) is 5.14 Å². The molecule has 0 aliphatic heterocycles. The number of primary sulfonamides is 1. The predicted octanol–water partition coefficient (Wildman–Crippen LogP) is 1.88. The number of aromatic nitrogens is 1. The number of rotatable bonds is 7. The molecule has 1 heterocycles. The maximum absolute atomic E-state index is 13.7. The minimum Gasteiger partial charge on any atom is -0.354 e. The molecule has 3 N–H and O–H groups in total. The molecule has 7 nitrogen and oxygen atoms in total. The van der Waals surface area contributed by atoms with Gasteiger partial charge in [0.2, 0.25) is 15.9 Å². The molecule has 2 aromatic carbocycles. The number of carbonyl (C=O) groups excluding carboxylic acids is 1. The molecule has 0 unspecified atom stereocenters. The number of nitrogens with one attached hydrogen (secondary N) is 1. The number of nitrogens with two attached hydrogens (primary N) is 1. The summed E-state index contributed by atoms with van der Waals surface area (Å²) >= 11 is 1.32. The Balaban J connectivity index is 1.51. The summed E-state index contributed by atoms with van der Waals surface area (Å²) in [6.07, 6.45) is 0.548. The molecular weight excluding hydrogens is 403 g/mol. The minimum absolute atomic E-state index is 0.0502. The van der Waals surface area contributed by atoms with Gasteiger partial charge >= 0.3 is 0 Å². The topological polar surface area (TPSA) is 105 Å². The van der Waals surface area contributed by atoms with Crippen LogP contribution in [0.15, 0.2) is 47.4 Å². The van der Waals surface area contributed by atoms with Gasteiger partial charge in [0.1, 0.15) is 11.3 Å². The zero-order valence-corrected chi connectivity index (χ0v) is 16.7. The van der Waals surface area contributed by atoms with Crippen LogP contribution in [0.2, 0.25) is 0 Å². The Hall–Kier alpha value is -2.56. The first-order valence-corrected chi connectivity index (χ1v) is 10.7. The average Bonchev–Trinajstić information content (AvgIpc) is 3.07. The van der Waals surface area contributed by atoms with Crippen molar-refractivity contribution >= 4 is 42.6 Å². The smallest absolute Gasteiger partial charge is 0.239 e. The van der Waals surface area contributed by atoms with Gasteiger partial charge in [-0.1, -0.05) is 29.5 Å². The first-order valence-electron chi connectivity index (χ1n) is 8.38. The number of fused-ring (bicyclic) bond motifs is 1. The van der Waals surface area contributed by atoms with Crippen LogP contribution in [-0.4, -0.2) is 39.4 Å². The third-order valence-electron chi connectivity index (χ3n) is 4.05. The van der Waals surface area contributed by atoms with Crippen LogP contribution in [0.1, 0.15) is 5.56 Å². The molecule has 0 radical (unpaired) electrons. The Morgan fingerprint density at radius 2 is 1.96 bits per heavy atom. The highest BCUT2D eigenvalue weighted by molar-refractivity contribution is 7.89. The number of halogens is 1. The fourth-order valence-electron chi connectivity index (χ4n) is 2.60. The molecule has 3 aromatic rings. The molecule has 3 rings (SSSR count). The van der Waals surface area contributed by atoms with Crippen molar-refractivity contribution in [2.45, 2.75) is 11.3 Å². The van der Waals surface area contributed by atoms with E-state index >= 15 is 0 Å². The number of benzene rings is 2. The third-order valence-corrected chi connectivity index (χ3v) is 6.12. The zero-order chi connectivity index (χ0) is 20.3. The van der Waals surface area contributed by atoms with Gasteiger partial charge in [-0.2, -0.15) is 0 Å². The largest absolute Gasteiger partial charge is 0.354 e. The van der Waals surface area contributed by atoms with Crippen LogP contribution in [0.3, 0.4) is 0 Å². The van der Waals surface area contributed by atoms with Crippen molar-refractivity contribution in [3.8, 4) is 0 Å². The lowest BCUT2D eigenvalue weighted by Crippen LogP contribution is -2.36. The lowest BCUT2D eigenvalue weighted by Gasteiger charge is -2.15. The number of hydrogen-bond donors (Lipinski definition) is 2.